The van der Waals surface area contributed by atoms with Crippen molar-refractivity contribution in [3.05, 3.63) is 101 Å². The maximum Gasteiger partial charge on any atom is 0.282 e. The van der Waals surface area contributed by atoms with Crippen LogP contribution in [-0.4, -0.2) is 37.9 Å². The molecule has 13 heteroatoms. The number of hydrogen-bond donors (Lipinski definition) is 4. The molecular weight excluding hydrogens is 535 g/mol. The molecule has 6 rings (SSSR count). The van der Waals surface area contributed by atoms with Crippen molar-refractivity contribution < 1.29 is 13.2 Å². The van der Waals surface area contributed by atoms with Gasteiger partial charge in [-0.2, -0.15) is 5.10 Å². The third-order valence-corrected chi connectivity index (χ3v) is 6.96. The van der Waals surface area contributed by atoms with Crippen LogP contribution in [0.5, 0.6) is 0 Å². The van der Waals surface area contributed by atoms with Crippen molar-refractivity contribution in [3.8, 4) is 16.8 Å². The smallest absolute Gasteiger partial charge is 0.282 e. The highest BCUT2D eigenvalue weighted by Gasteiger charge is 2.22. The first-order chi connectivity index (χ1) is 19.3. The van der Waals surface area contributed by atoms with Crippen LogP contribution in [0, 0.1) is 12.7 Å². The van der Waals surface area contributed by atoms with E-state index >= 15 is 0 Å². The number of fused-ring (bicyclic) bond motifs is 2. The Bertz CT molecular complexity index is 1970. The lowest BCUT2D eigenvalue weighted by molar-refractivity contribution is 0.570. The number of H-pyrrole nitrogens is 1. The molecule has 0 aliphatic carbocycles. The predicted molar refractivity (Wildman–Crippen MR) is 151 cm³/mol. The molecule has 40 heavy (non-hydrogen) atoms. The van der Waals surface area contributed by atoms with Crippen LogP contribution in [0.1, 0.15) is 24.4 Å². The second-order valence-electron chi connectivity index (χ2n) is 9.22. The minimum Gasteiger partial charge on any atom is -0.360 e. The highest BCUT2D eigenvalue weighted by Crippen LogP contribution is 2.35. The fourth-order valence-corrected chi connectivity index (χ4v) is 5.13. The van der Waals surface area contributed by atoms with Crippen molar-refractivity contribution in [2.45, 2.75) is 19.9 Å². The number of nitrogens with one attached hydrogen (secondary N) is 3. The molecule has 0 amide bonds. The van der Waals surface area contributed by atoms with Crippen LogP contribution in [0.15, 0.2) is 78.1 Å². The fraction of sp³-hybridized carbons (Fsp3) is 0.111. The van der Waals surface area contributed by atoms with Gasteiger partial charge in [-0.05, 0) is 61.4 Å². The second-order valence-corrected chi connectivity index (χ2v) is 9.92. The summed E-state index contributed by atoms with van der Waals surface area (Å²) < 4.78 is 40.4. The molecule has 0 spiro atoms. The summed E-state index contributed by atoms with van der Waals surface area (Å²) in [6, 6.07) is 14.6. The van der Waals surface area contributed by atoms with Crippen molar-refractivity contribution in [1.82, 2.24) is 29.1 Å². The molecule has 4 N–H and O–H groups in total. The number of benzene rings is 2. The summed E-state index contributed by atoms with van der Waals surface area (Å²) in [6.45, 7) is 3.73. The SMILES string of the molecule is Cc1ccn2nc([C@H](C)Nc3ncnc4[nH]cc(-c5cc(F)cc(NS(=O)O)c5)c34)n(-c3ccccc3)c(=O)c12. The average Bonchev–Trinajstić information content (AvgIpc) is 3.53. The Morgan fingerprint density at radius 3 is 2.70 bits per heavy atom. The van der Waals surface area contributed by atoms with Gasteiger partial charge in [0.05, 0.1) is 22.8 Å². The van der Waals surface area contributed by atoms with E-state index in [-0.39, 0.29) is 11.2 Å². The maximum atomic E-state index is 14.5. The summed E-state index contributed by atoms with van der Waals surface area (Å²) in [7, 11) is 0. The molecule has 2 atom stereocenters. The highest BCUT2D eigenvalue weighted by molar-refractivity contribution is 7.80. The van der Waals surface area contributed by atoms with E-state index in [4.69, 9.17) is 5.10 Å². The van der Waals surface area contributed by atoms with Crippen LogP contribution in [0.2, 0.25) is 0 Å². The number of halogens is 1. The van der Waals surface area contributed by atoms with E-state index in [1.807, 2.05) is 50.2 Å². The zero-order chi connectivity index (χ0) is 28.0. The van der Waals surface area contributed by atoms with Crippen LogP contribution >= 0.6 is 0 Å². The predicted octanol–water partition coefficient (Wildman–Crippen LogP) is 4.59. The monoisotopic (exact) mass is 558 g/mol. The zero-order valence-corrected chi connectivity index (χ0v) is 22.1. The van der Waals surface area contributed by atoms with Crippen LogP contribution in [0.3, 0.4) is 0 Å². The zero-order valence-electron chi connectivity index (χ0n) is 21.3. The maximum absolute atomic E-state index is 14.5. The summed E-state index contributed by atoms with van der Waals surface area (Å²) in [6.07, 6.45) is 4.80. The number of para-hydroxylation sites is 1. The normalized spacial score (nSPS) is 13.0. The van der Waals surface area contributed by atoms with E-state index in [1.54, 1.807) is 27.5 Å². The number of aromatic nitrogens is 6. The van der Waals surface area contributed by atoms with Crippen molar-refractivity contribution in [2.24, 2.45) is 0 Å². The van der Waals surface area contributed by atoms with E-state index in [9.17, 15) is 17.9 Å². The molecule has 0 aliphatic heterocycles. The van der Waals surface area contributed by atoms with E-state index in [0.717, 1.165) is 11.6 Å². The lowest BCUT2D eigenvalue weighted by atomic mass is 10.0. The molecule has 6 aromatic rings. The summed E-state index contributed by atoms with van der Waals surface area (Å²) in [5.74, 6) is 0.285. The first-order valence-corrected chi connectivity index (χ1v) is 13.3. The van der Waals surface area contributed by atoms with Gasteiger partial charge in [0.2, 0.25) is 0 Å². The van der Waals surface area contributed by atoms with Crippen LogP contribution in [0.25, 0.3) is 33.4 Å². The van der Waals surface area contributed by atoms with Gasteiger partial charge < -0.3 is 10.3 Å². The molecule has 11 nitrogen and oxygen atoms in total. The standard InChI is InChI=1S/C27H23FN8O3S/c1-15-8-9-35-23(15)27(37)36(20-6-4-3-5-7-20)26(33-35)16(2)32-25-22-21(13-29-24(22)30-14-31-25)17-10-18(28)12-19(11-17)34-40(38)39/h3-14,16,34H,1-2H3,(H,38,39)(H2,29,30,31,32)/t16-/m0/s1. The minimum atomic E-state index is -2.37. The Labute approximate surface area is 229 Å². The van der Waals surface area contributed by atoms with Gasteiger partial charge >= 0.3 is 0 Å². The third kappa shape index (κ3) is 4.50. The van der Waals surface area contributed by atoms with Gasteiger partial charge in [-0.15, -0.1) is 0 Å². The minimum absolute atomic E-state index is 0.135. The van der Waals surface area contributed by atoms with Crippen LogP contribution in [-0.2, 0) is 11.3 Å². The Kier molecular flexibility index (Phi) is 6.36. The molecule has 4 heterocycles. The van der Waals surface area contributed by atoms with Gasteiger partial charge in [-0.3, -0.25) is 18.6 Å². The van der Waals surface area contributed by atoms with Gasteiger partial charge in [-0.25, -0.2) is 23.1 Å². The first kappa shape index (κ1) is 25.4. The molecule has 202 valence electrons. The second kappa shape index (κ2) is 10.0. The number of aromatic amines is 1. The number of anilines is 2. The van der Waals surface area contributed by atoms with Gasteiger partial charge in [0.1, 0.15) is 29.1 Å². The largest absolute Gasteiger partial charge is 0.360 e. The molecule has 0 aliphatic rings. The Morgan fingerprint density at radius 1 is 1.12 bits per heavy atom. The number of nitrogens with zero attached hydrogens (tertiary/aromatic N) is 5. The molecule has 1 unspecified atom stereocenters. The molecule has 4 aromatic heterocycles. The number of aryl methyl sites for hydroxylation is 1. The van der Waals surface area contributed by atoms with E-state index < -0.39 is 23.1 Å². The van der Waals surface area contributed by atoms with Crippen molar-refractivity contribution in [3.63, 3.8) is 0 Å². The molecular formula is C27H23FN8O3S. The quantitative estimate of drug-likeness (QED) is 0.210. The molecule has 0 bridgehead atoms. The van der Waals surface area contributed by atoms with Crippen molar-refractivity contribution in [2.75, 3.05) is 10.0 Å². The van der Waals surface area contributed by atoms with Crippen LogP contribution < -0.4 is 15.6 Å². The Morgan fingerprint density at radius 2 is 1.93 bits per heavy atom. The summed E-state index contributed by atoms with van der Waals surface area (Å²) >= 11 is -2.37. The van der Waals surface area contributed by atoms with Gasteiger partial charge in [0, 0.05) is 18.0 Å². The molecule has 0 saturated heterocycles. The molecule has 0 radical (unpaired) electrons. The highest BCUT2D eigenvalue weighted by atomic mass is 32.2. The van der Waals surface area contributed by atoms with Crippen molar-refractivity contribution in [1.29, 1.82) is 0 Å². The van der Waals surface area contributed by atoms with Crippen LogP contribution in [0.4, 0.5) is 15.9 Å². The molecule has 0 saturated carbocycles. The third-order valence-electron chi connectivity index (χ3n) is 6.55. The molecule has 2 aromatic carbocycles. The first-order valence-electron chi connectivity index (χ1n) is 12.2. The summed E-state index contributed by atoms with van der Waals surface area (Å²) in [5, 5.41) is 8.72. The lowest BCUT2D eigenvalue weighted by Gasteiger charge is -2.20. The summed E-state index contributed by atoms with van der Waals surface area (Å²) in [5.41, 5.74) is 3.40. The van der Waals surface area contributed by atoms with Gasteiger partial charge in [0.15, 0.2) is 5.82 Å². The number of hydrogen-bond acceptors (Lipinski definition) is 6. The number of rotatable bonds is 7. The van der Waals surface area contributed by atoms with Gasteiger partial charge in [-0.1, -0.05) is 18.2 Å². The van der Waals surface area contributed by atoms with Crippen molar-refractivity contribution >= 4 is 39.3 Å². The van der Waals surface area contributed by atoms with E-state index in [1.165, 1.54) is 12.4 Å². The Balaban J connectivity index is 1.48. The van der Waals surface area contributed by atoms with Gasteiger partial charge in [0.25, 0.3) is 16.8 Å². The molecule has 0 fully saturated rings. The lowest BCUT2D eigenvalue weighted by Crippen LogP contribution is -2.29. The van der Waals surface area contributed by atoms with E-state index in [2.05, 4.69) is 25.0 Å². The Hall–Kier alpha value is -4.88. The topological polar surface area (TPSA) is 142 Å². The average molecular weight is 559 g/mol. The van der Waals surface area contributed by atoms with E-state index in [0.29, 0.717) is 45.0 Å². The summed E-state index contributed by atoms with van der Waals surface area (Å²) in [4.78, 5) is 25.5. The fourth-order valence-electron chi connectivity index (χ4n) is 4.81.